The van der Waals surface area contributed by atoms with Crippen LogP contribution in [-0.4, -0.2) is 41.2 Å². The summed E-state index contributed by atoms with van der Waals surface area (Å²) in [5.41, 5.74) is 4.12. The Labute approximate surface area is 215 Å². The number of carbonyl (C=O) groups is 2. The smallest absolute Gasteiger partial charge is 0.249 e. The molecule has 5 rings (SSSR count). The lowest BCUT2D eigenvalue weighted by molar-refractivity contribution is -0.127. The van der Waals surface area contributed by atoms with Crippen molar-refractivity contribution in [3.63, 3.8) is 0 Å². The Hall–Kier alpha value is -4.59. The van der Waals surface area contributed by atoms with E-state index in [-0.39, 0.29) is 25.2 Å². The highest BCUT2D eigenvalue weighted by molar-refractivity contribution is 5.99. The van der Waals surface area contributed by atoms with Crippen molar-refractivity contribution in [3.8, 4) is 11.5 Å². The number of nitrogens with zero attached hydrogens (tertiary/aromatic N) is 3. The molecule has 37 heavy (non-hydrogen) atoms. The maximum atomic E-state index is 13.7. The Kier molecular flexibility index (Phi) is 6.64. The van der Waals surface area contributed by atoms with E-state index in [1.807, 2.05) is 54.0 Å². The minimum absolute atomic E-state index is 0.0273. The van der Waals surface area contributed by atoms with Gasteiger partial charge >= 0.3 is 0 Å². The Morgan fingerprint density at radius 3 is 2.70 bits per heavy atom. The Balaban J connectivity index is 1.40. The Morgan fingerprint density at radius 2 is 1.92 bits per heavy atom. The number of anilines is 1. The topological polar surface area (TPSA) is 85.7 Å². The second-order valence-electron chi connectivity index (χ2n) is 8.91. The van der Waals surface area contributed by atoms with Crippen LogP contribution < -0.4 is 19.7 Å². The molecule has 2 aromatic carbocycles. The van der Waals surface area contributed by atoms with E-state index >= 15 is 0 Å². The summed E-state index contributed by atoms with van der Waals surface area (Å²) in [6.07, 6.45) is 3.82. The quantitative estimate of drug-likeness (QED) is 0.397. The molecule has 188 valence electrons. The standard InChI is InChI=1S/C29H28N4O4/c1-4-22-19(2)33(28-23(22)11-8-14-30-28)17-27(34)31-24(15-20-9-6-5-7-10-20)29(35)32(3)21-12-13-25-26(16-21)37-18-36-25/h4-14,16,24H,1,15,17-18H2,2-3H3,(H,31,34). The first-order valence-electron chi connectivity index (χ1n) is 12.0. The van der Waals surface area contributed by atoms with Crippen molar-refractivity contribution in [1.29, 1.82) is 0 Å². The van der Waals surface area contributed by atoms with E-state index in [1.165, 1.54) is 4.90 Å². The molecule has 0 spiro atoms. The largest absolute Gasteiger partial charge is 0.454 e. The molecule has 1 aliphatic rings. The molecule has 1 aliphatic heterocycles. The first-order chi connectivity index (χ1) is 18.0. The molecule has 0 bridgehead atoms. The summed E-state index contributed by atoms with van der Waals surface area (Å²) in [4.78, 5) is 33.0. The number of hydrogen-bond donors (Lipinski definition) is 1. The van der Waals surface area contributed by atoms with Crippen LogP contribution in [-0.2, 0) is 22.6 Å². The third kappa shape index (κ3) is 4.78. The van der Waals surface area contributed by atoms with Gasteiger partial charge in [0.1, 0.15) is 18.2 Å². The lowest BCUT2D eigenvalue weighted by Crippen LogP contribution is -2.49. The van der Waals surface area contributed by atoms with Crippen LogP contribution in [0.2, 0.25) is 0 Å². The summed E-state index contributed by atoms with van der Waals surface area (Å²) in [7, 11) is 1.69. The fourth-order valence-electron chi connectivity index (χ4n) is 4.66. The SMILES string of the molecule is C=Cc1c(C)n(CC(=O)NC(Cc2ccccc2)C(=O)N(C)c2ccc3c(c2)OCO3)c2ncccc12. The molecule has 2 amide bonds. The molecule has 4 aromatic rings. The minimum atomic E-state index is -0.778. The molecule has 8 heteroatoms. The Morgan fingerprint density at radius 1 is 1.14 bits per heavy atom. The van der Waals surface area contributed by atoms with Crippen molar-refractivity contribution in [3.05, 3.63) is 90.3 Å². The molecular formula is C29H28N4O4. The fourth-order valence-corrected chi connectivity index (χ4v) is 4.66. The zero-order chi connectivity index (χ0) is 25.9. The minimum Gasteiger partial charge on any atom is -0.454 e. The molecule has 0 saturated heterocycles. The molecule has 0 fully saturated rings. The van der Waals surface area contributed by atoms with Crippen LogP contribution in [0.3, 0.4) is 0 Å². The Bertz CT molecular complexity index is 1480. The lowest BCUT2D eigenvalue weighted by atomic mass is 10.0. The number of nitrogens with one attached hydrogen (secondary N) is 1. The molecule has 8 nitrogen and oxygen atoms in total. The maximum absolute atomic E-state index is 13.7. The predicted molar refractivity (Wildman–Crippen MR) is 143 cm³/mol. The first kappa shape index (κ1) is 24.1. The molecule has 0 radical (unpaired) electrons. The number of rotatable bonds is 8. The van der Waals surface area contributed by atoms with Crippen LogP contribution in [0.1, 0.15) is 16.8 Å². The van der Waals surface area contributed by atoms with Crippen molar-refractivity contribution in [2.75, 3.05) is 18.7 Å². The third-order valence-corrected chi connectivity index (χ3v) is 6.62. The second kappa shape index (κ2) is 10.2. The summed E-state index contributed by atoms with van der Waals surface area (Å²) < 4.78 is 12.7. The highest BCUT2D eigenvalue weighted by atomic mass is 16.7. The molecule has 3 heterocycles. The first-order valence-corrected chi connectivity index (χ1v) is 12.0. The number of pyridine rings is 1. The monoisotopic (exact) mass is 496 g/mol. The molecule has 1 unspecified atom stereocenters. The average Bonchev–Trinajstić information content (AvgIpc) is 3.49. The zero-order valence-corrected chi connectivity index (χ0v) is 20.8. The maximum Gasteiger partial charge on any atom is 0.249 e. The summed E-state index contributed by atoms with van der Waals surface area (Å²) in [5.74, 6) is 0.700. The van der Waals surface area contributed by atoms with Crippen LogP contribution in [0, 0.1) is 6.92 Å². The summed E-state index contributed by atoms with van der Waals surface area (Å²) in [5, 5.41) is 3.91. The van der Waals surface area contributed by atoms with Gasteiger partial charge in [-0.1, -0.05) is 43.0 Å². The van der Waals surface area contributed by atoms with Gasteiger partial charge in [-0.25, -0.2) is 4.98 Å². The number of aromatic nitrogens is 2. The van der Waals surface area contributed by atoms with E-state index in [9.17, 15) is 9.59 Å². The van der Waals surface area contributed by atoms with Crippen LogP contribution in [0.4, 0.5) is 5.69 Å². The van der Waals surface area contributed by atoms with Gasteiger partial charge in [0, 0.05) is 48.1 Å². The average molecular weight is 497 g/mol. The molecule has 0 saturated carbocycles. The highest BCUT2D eigenvalue weighted by Crippen LogP contribution is 2.35. The van der Waals surface area contributed by atoms with Gasteiger partial charge in [-0.05, 0) is 36.8 Å². The van der Waals surface area contributed by atoms with E-state index in [2.05, 4.69) is 16.9 Å². The van der Waals surface area contributed by atoms with Crippen LogP contribution in [0.5, 0.6) is 11.5 Å². The molecule has 1 N–H and O–H groups in total. The van der Waals surface area contributed by atoms with E-state index in [0.717, 1.165) is 22.2 Å². The number of likely N-dealkylation sites (N-methyl/N-ethyl adjacent to an activating group) is 1. The highest BCUT2D eigenvalue weighted by Gasteiger charge is 2.27. The van der Waals surface area contributed by atoms with E-state index in [1.54, 1.807) is 37.5 Å². The van der Waals surface area contributed by atoms with Crippen molar-refractivity contribution in [2.24, 2.45) is 0 Å². The number of hydrogen-bond acceptors (Lipinski definition) is 5. The number of benzene rings is 2. The normalized spacial score (nSPS) is 12.8. The third-order valence-electron chi connectivity index (χ3n) is 6.62. The van der Waals surface area contributed by atoms with Gasteiger partial charge < -0.3 is 24.3 Å². The summed E-state index contributed by atoms with van der Waals surface area (Å²) in [6, 6.07) is 18.0. The fraction of sp³-hybridized carbons (Fsp3) is 0.207. The lowest BCUT2D eigenvalue weighted by Gasteiger charge is -2.25. The van der Waals surface area contributed by atoms with Crippen molar-refractivity contribution >= 4 is 34.6 Å². The van der Waals surface area contributed by atoms with Gasteiger partial charge in [-0.3, -0.25) is 9.59 Å². The molecule has 0 aliphatic carbocycles. The van der Waals surface area contributed by atoms with Crippen LogP contribution in [0.15, 0.2) is 73.4 Å². The van der Waals surface area contributed by atoms with Gasteiger partial charge in [0.2, 0.25) is 18.6 Å². The number of carbonyl (C=O) groups excluding carboxylic acids is 2. The van der Waals surface area contributed by atoms with Gasteiger partial charge in [-0.2, -0.15) is 0 Å². The van der Waals surface area contributed by atoms with Gasteiger partial charge in [0.25, 0.3) is 0 Å². The van der Waals surface area contributed by atoms with Gasteiger partial charge in [0.05, 0.1) is 0 Å². The van der Waals surface area contributed by atoms with E-state index in [0.29, 0.717) is 29.3 Å². The summed E-state index contributed by atoms with van der Waals surface area (Å²) >= 11 is 0. The van der Waals surface area contributed by atoms with Crippen molar-refractivity contribution in [1.82, 2.24) is 14.9 Å². The number of amides is 2. The van der Waals surface area contributed by atoms with Gasteiger partial charge in [-0.15, -0.1) is 0 Å². The van der Waals surface area contributed by atoms with Crippen LogP contribution >= 0.6 is 0 Å². The second-order valence-corrected chi connectivity index (χ2v) is 8.91. The van der Waals surface area contributed by atoms with E-state index in [4.69, 9.17) is 9.47 Å². The molecular weight excluding hydrogens is 468 g/mol. The van der Waals surface area contributed by atoms with Crippen LogP contribution in [0.25, 0.3) is 17.1 Å². The number of fused-ring (bicyclic) bond motifs is 2. The summed E-state index contributed by atoms with van der Waals surface area (Å²) in [6.45, 7) is 6.03. The predicted octanol–water partition coefficient (Wildman–Crippen LogP) is 4.11. The van der Waals surface area contributed by atoms with Gasteiger partial charge in [0.15, 0.2) is 11.5 Å². The zero-order valence-electron chi connectivity index (χ0n) is 20.8. The molecule has 1 atom stereocenters. The van der Waals surface area contributed by atoms with Crippen molar-refractivity contribution in [2.45, 2.75) is 25.9 Å². The molecule has 2 aromatic heterocycles. The number of ether oxygens (including phenoxy) is 2. The van der Waals surface area contributed by atoms with E-state index < -0.39 is 6.04 Å². The van der Waals surface area contributed by atoms with Crippen molar-refractivity contribution < 1.29 is 19.1 Å².